The van der Waals surface area contributed by atoms with Crippen LogP contribution in [0.25, 0.3) is 11.8 Å². The van der Waals surface area contributed by atoms with Gasteiger partial charge < -0.3 is 14.8 Å². The quantitative estimate of drug-likeness (QED) is 0.453. The van der Waals surface area contributed by atoms with Crippen molar-refractivity contribution in [3.63, 3.8) is 0 Å². The van der Waals surface area contributed by atoms with Crippen molar-refractivity contribution in [2.24, 2.45) is 0 Å². The normalized spacial score (nSPS) is 10.9. The lowest BCUT2D eigenvalue weighted by molar-refractivity contribution is -0.116. The summed E-state index contributed by atoms with van der Waals surface area (Å²) in [5, 5.41) is 7.28. The fourth-order valence-corrected chi connectivity index (χ4v) is 2.98. The molecule has 0 spiro atoms. The summed E-state index contributed by atoms with van der Waals surface area (Å²) in [6, 6.07) is 13.4. The molecule has 0 unspecified atom stereocenters. The summed E-state index contributed by atoms with van der Waals surface area (Å²) in [7, 11) is 1.60. The van der Waals surface area contributed by atoms with Crippen molar-refractivity contribution in [2.45, 2.75) is 13.8 Å². The predicted octanol–water partition coefficient (Wildman–Crippen LogP) is 3.85. The molecule has 0 aliphatic carbocycles. The van der Waals surface area contributed by atoms with E-state index in [1.807, 2.05) is 32.0 Å². The number of hydrogen-bond donors (Lipinski definition) is 1. The van der Waals surface area contributed by atoms with E-state index in [1.54, 1.807) is 36.1 Å². The van der Waals surface area contributed by atoms with Crippen molar-refractivity contribution in [3.05, 3.63) is 77.4 Å². The molecule has 30 heavy (non-hydrogen) atoms. The lowest BCUT2D eigenvalue weighted by atomic mass is 10.2. The van der Waals surface area contributed by atoms with Crippen LogP contribution in [0.5, 0.6) is 11.5 Å². The maximum absolute atomic E-state index is 13.2. The second kappa shape index (κ2) is 9.73. The molecule has 3 aromatic rings. The van der Waals surface area contributed by atoms with E-state index in [4.69, 9.17) is 9.47 Å². The molecule has 0 fully saturated rings. The van der Waals surface area contributed by atoms with Gasteiger partial charge in [-0.15, -0.1) is 0 Å². The number of hydrogen-bond acceptors (Lipinski definition) is 4. The first-order valence-electron chi connectivity index (χ1n) is 9.53. The van der Waals surface area contributed by atoms with Gasteiger partial charge in [-0.2, -0.15) is 5.10 Å². The van der Waals surface area contributed by atoms with Gasteiger partial charge in [-0.25, -0.2) is 9.07 Å². The standard InChI is InChI=1S/C23H24FN3O3/c1-16-22(17(2)27(26-16)19-9-7-18(24)8-10-19)11-12-23(28)25-13-14-30-21-6-4-5-20(15-21)29-3/h4-12,15H,13-14H2,1-3H3,(H,25,28)/b12-11+. The molecule has 7 heteroatoms. The average molecular weight is 409 g/mol. The van der Waals surface area contributed by atoms with Gasteiger partial charge in [0.05, 0.1) is 25.0 Å². The van der Waals surface area contributed by atoms with Crippen LogP contribution >= 0.6 is 0 Å². The first-order chi connectivity index (χ1) is 14.5. The minimum absolute atomic E-state index is 0.224. The Morgan fingerprint density at radius 2 is 1.90 bits per heavy atom. The molecule has 156 valence electrons. The number of aryl methyl sites for hydroxylation is 1. The molecule has 0 saturated carbocycles. The number of aromatic nitrogens is 2. The first-order valence-corrected chi connectivity index (χ1v) is 9.53. The van der Waals surface area contributed by atoms with Crippen molar-refractivity contribution < 1.29 is 18.7 Å². The van der Waals surface area contributed by atoms with Gasteiger partial charge in [0, 0.05) is 23.4 Å². The largest absolute Gasteiger partial charge is 0.497 e. The highest BCUT2D eigenvalue weighted by Gasteiger charge is 2.11. The van der Waals surface area contributed by atoms with Gasteiger partial charge in [-0.05, 0) is 56.3 Å². The molecule has 0 radical (unpaired) electrons. The maximum Gasteiger partial charge on any atom is 0.244 e. The molecule has 1 N–H and O–H groups in total. The summed E-state index contributed by atoms with van der Waals surface area (Å²) in [6.07, 6.45) is 3.20. The van der Waals surface area contributed by atoms with E-state index in [-0.39, 0.29) is 11.7 Å². The van der Waals surface area contributed by atoms with Crippen LogP contribution in [-0.4, -0.2) is 35.9 Å². The SMILES string of the molecule is COc1cccc(OCCNC(=O)/C=C/c2c(C)nn(-c3ccc(F)cc3)c2C)c1. The summed E-state index contributed by atoms with van der Waals surface area (Å²) in [4.78, 5) is 12.1. The number of nitrogens with one attached hydrogen (secondary N) is 1. The van der Waals surface area contributed by atoms with Crippen molar-refractivity contribution in [1.82, 2.24) is 15.1 Å². The molecule has 0 saturated heterocycles. The van der Waals surface area contributed by atoms with E-state index in [0.717, 1.165) is 22.6 Å². The van der Waals surface area contributed by atoms with E-state index < -0.39 is 0 Å². The summed E-state index contributed by atoms with van der Waals surface area (Å²) in [5.41, 5.74) is 3.25. The molecular weight excluding hydrogens is 385 g/mol. The minimum atomic E-state index is -0.299. The Morgan fingerprint density at radius 3 is 2.63 bits per heavy atom. The van der Waals surface area contributed by atoms with Crippen molar-refractivity contribution >= 4 is 12.0 Å². The third-order valence-electron chi connectivity index (χ3n) is 4.53. The maximum atomic E-state index is 13.2. The fraction of sp³-hybridized carbons (Fsp3) is 0.217. The van der Waals surface area contributed by atoms with Crippen LogP contribution in [0.3, 0.4) is 0 Å². The van der Waals surface area contributed by atoms with Crippen LogP contribution in [0.4, 0.5) is 4.39 Å². The minimum Gasteiger partial charge on any atom is -0.497 e. The predicted molar refractivity (Wildman–Crippen MR) is 114 cm³/mol. The topological polar surface area (TPSA) is 65.4 Å². The van der Waals surface area contributed by atoms with Crippen LogP contribution < -0.4 is 14.8 Å². The summed E-state index contributed by atoms with van der Waals surface area (Å²) < 4.78 is 25.6. The molecule has 0 aliphatic heterocycles. The number of halogens is 1. The van der Waals surface area contributed by atoms with E-state index in [0.29, 0.717) is 24.7 Å². The van der Waals surface area contributed by atoms with Crippen molar-refractivity contribution in [3.8, 4) is 17.2 Å². The van der Waals surface area contributed by atoms with Gasteiger partial charge in [0.25, 0.3) is 0 Å². The summed E-state index contributed by atoms with van der Waals surface area (Å²) in [6.45, 7) is 4.48. The highest BCUT2D eigenvalue weighted by atomic mass is 19.1. The van der Waals surface area contributed by atoms with Crippen LogP contribution in [0.2, 0.25) is 0 Å². The average Bonchev–Trinajstić information content (AvgIpc) is 3.04. The van der Waals surface area contributed by atoms with E-state index in [1.165, 1.54) is 18.2 Å². The van der Waals surface area contributed by atoms with Gasteiger partial charge in [0.1, 0.15) is 23.9 Å². The lowest BCUT2D eigenvalue weighted by Gasteiger charge is -2.08. The molecule has 1 heterocycles. The number of nitrogens with zero attached hydrogens (tertiary/aromatic N) is 2. The highest BCUT2D eigenvalue weighted by molar-refractivity contribution is 5.92. The van der Waals surface area contributed by atoms with E-state index in [9.17, 15) is 9.18 Å². The Morgan fingerprint density at radius 1 is 1.17 bits per heavy atom. The monoisotopic (exact) mass is 409 g/mol. The second-order valence-electron chi connectivity index (χ2n) is 6.62. The number of benzene rings is 2. The van der Waals surface area contributed by atoms with Gasteiger partial charge in [0.15, 0.2) is 0 Å². The van der Waals surface area contributed by atoms with Crippen LogP contribution in [0.1, 0.15) is 17.0 Å². The van der Waals surface area contributed by atoms with Crippen LogP contribution in [0.15, 0.2) is 54.6 Å². The fourth-order valence-electron chi connectivity index (χ4n) is 2.98. The van der Waals surface area contributed by atoms with Gasteiger partial charge in [-0.3, -0.25) is 4.79 Å². The number of carbonyl (C=O) groups excluding carboxylic acids is 1. The molecule has 0 aliphatic rings. The smallest absolute Gasteiger partial charge is 0.244 e. The molecule has 3 rings (SSSR count). The summed E-state index contributed by atoms with van der Waals surface area (Å²) in [5.74, 6) is 0.870. The zero-order chi connectivity index (χ0) is 21.5. The van der Waals surface area contributed by atoms with Crippen molar-refractivity contribution in [2.75, 3.05) is 20.3 Å². The van der Waals surface area contributed by atoms with E-state index in [2.05, 4.69) is 10.4 Å². The Kier molecular flexibility index (Phi) is 6.85. The molecular formula is C23H24FN3O3. The number of methoxy groups -OCH3 is 1. The second-order valence-corrected chi connectivity index (χ2v) is 6.62. The number of amides is 1. The highest BCUT2D eigenvalue weighted by Crippen LogP contribution is 2.20. The molecule has 0 bridgehead atoms. The Bertz CT molecular complexity index is 1040. The Labute approximate surface area is 174 Å². The zero-order valence-corrected chi connectivity index (χ0v) is 17.2. The van der Waals surface area contributed by atoms with Gasteiger partial charge >= 0.3 is 0 Å². The molecule has 1 aromatic heterocycles. The summed E-state index contributed by atoms with van der Waals surface area (Å²) >= 11 is 0. The molecule has 1 amide bonds. The number of rotatable bonds is 8. The van der Waals surface area contributed by atoms with Crippen LogP contribution in [0, 0.1) is 19.7 Å². The third kappa shape index (κ3) is 5.26. The molecule has 2 aromatic carbocycles. The number of carbonyl (C=O) groups is 1. The van der Waals surface area contributed by atoms with Crippen molar-refractivity contribution in [1.29, 1.82) is 0 Å². The number of ether oxygens (including phenoxy) is 2. The lowest BCUT2D eigenvalue weighted by Crippen LogP contribution is -2.26. The van der Waals surface area contributed by atoms with E-state index >= 15 is 0 Å². The Balaban J connectivity index is 1.55. The third-order valence-corrected chi connectivity index (χ3v) is 4.53. The van der Waals surface area contributed by atoms with Crippen LogP contribution in [-0.2, 0) is 4.79 Å². The zero-order valence-electron chi connectivity index (χ0n) is 17.2. The Hall–Kier alpha value is -3.61. The molecule has 6 nitrogen and oxygen atoms in total. The molecule has 0 atom stereocenters. The van der Waals surface area contributed by atoms with Gasteiger partial charge in [0.2, 0.25) is 5.91 Å². The van der Waals surface area contributed by atoms with Gasteiger partial charge in [-0.1, -0.05) is 6.07 Å². The first kappa shape index (κ1) is 21.1.